The molecule has 1 aliphatic rings. The van der Waals surface area contributed by atoms with Crippen molar-refractivity contribution in [3.8, 4) is 11.5 Å². The largest absolute Gasteiger partial charge is 0.377 e. The van der Waals surface area contributed by atoms with Crippen LogP contribution < -0.4 is 5.32 Å². The third-order valence-electron chi connectivity index (χ3n) is 4.33. The molecule has 6 heteroatoms. The molecule has 4 rings (SSSR count). The molecule has 0 amide bonds. The van der Waals surface area contributed by atoms with E-state index < -0.39 is 0 Å². The van der Waals surface area contributed by atoms with E-state index in [4.69, 9.17) is 9.26 Å². The van der Waals surface area contributed by atoms with Crippen LogP contribution >= 0.6 is 0 Å². The Balaban J connectivity index is 1.43. The maximum Gasteiger partial charge on any atom is 0.185 e. The molecule has 128 valence electrons. The Bertz CT molecular complexity index is 829. The maximum absolute atomic E-state index is 13.0. The zero-order valence-corrected chi connectivity index (χ0v) is 13.6. The highest BCUT2D eigenvalue weighted by atomic mass is 19.1. The van der Waals surface area contributed by atoms with Crippen molar-refractivity contribution in [2.75, 3.05) is 13.2 Å². The van der Waals surface area contributed by atoms with Crippen molar-refractivity contribution < 1.29 is 13.7 Å². The molecule has 1 saturated heterocycles. The van der Waals surface area contributed by atoms with Gasteiger partial charge in [0.15, 0.2) is 5.76 Å². The van der Waals surface area contributed by atoms with E-state index in [0.29, 0.717) is 31.9 Å². The van der Waals surface area contributed by atoms with Crippen molar-refractivity contribution >= 4 is 0 Å². The Morgan fingerprint density at radius 2 is 1.96 bits per heavy atom. The second kappa shape index (κ2) is 6.74. The summed E-state index contributed by atoms with van der Waals surface area (Å²) in [6.45, 7) is 1.87. The molecule has 25 heavy (non-hydrogen) atoms. The first-order valence-corrected chi connectivity index (χ1v) is 8.17. The summed E-state index contributed by atoms with van der Waals surface area (Å²) in [5.41, 5.74) is 2.48. The number of ether oxygens (including phenoxy) is 1. The summed E-state index contributed by atoms with van der Waals surface area (Å²) in [7, 11) is 0. The van der Waals surface area contributed by atoms with Gasteiger partial charge in [-0.25, -0.2) is 4.39 Å². The first-order valence-electron chi connectivity index (χ1n) is 8.17. The topological polar surface area (TPSA) is 60.2 Å². The van der Waals surface area contributed by atoms with Gasteiger partial charge in [0, 0.05) is 25.2 Å². The highest BCUT2D eigenvalue weighted by molar-refractivity contribution is 5.51. The number of pyridine rings is 1. The molecule has 1 fully saturated rings. The predicted molar refractivity (Wildman–Crippen MR) is 90.2 cm³/mol. The van der Waals surface area contributed by atoms with Crippen LogP contribution in [0.5, 0.6) is 0 Å². The van der Waals surface area contributed by atoms with Crippen LogP contribution in [0.3, 0.4) is 0 Å². The summed E-state index contributed by atoms with van der Waals surface area (Å²) < 4.78 is 23.8. The average molecular weight is 339 g/mol. The van der Waals surface area contributed by atoms with Gasteiger partial charge < -0.3 is 14.6 Å². The van der Waals surface area contributed by atoms with Crippen molar-refractivity contribution in [1.82, 2.24) is 15.5 Å². The number of rotatable bonds is 6. The molecule has 0 unspecified atom stereocenters. The van der Waals surface area contributed by atoms with Crippen LogP contribution in [-0.4, -0.2) is 28.9 Å². The maximum atomic E-state index is 13.0. The second-order valence-electron chi connectivity index (χ2n) is 6.33. The van der Waals surface area contributed by atoms with Gasteiger partial charge >= 0.3 is 0 Å². The molecule has 0 aliphatic carbocycles. The first-order chi connectivity index (χ1) is 12.2. The Kier molecular flexibility index (Phi) is 4.29. The molecule has 0 atom stereocenters. The van der Waals surface area contributed by atoms with Crippen molar-refractivity contribution in [2.24, 2.45) is 0 Å². The van der Waals surface area contributed by atoms with Gasteiger partial charge in [-0.15, -0.1) is 0 Å². The Labute approximate surface area is 144 Å². The van der Waals surface area contributed by atoms with Gasteiger partial charge in [0.05, 0.1) is 24.4 Å². The van der Waals surface area contributed by atoms with Crippen molar-refractivity contribution in [2.45, 2.75) is 18.5 Å². The Hall–Kier alpha value is -2.57. The fourth-order valence-corrected chi connectivity index (χ4v) is 2.88. The number of benzene rings is 1. The molecule has 1 N–H and O–H groups in total. The van der Waals surface area contributed by atoms with Crippen LogP contribution in [0.4, 0.5) is 4.39 Å². The molecule has 2 aromatic heterocycles. The number of hydrogen-bond donors (Lipinski definition) is 1. The Morgan fingerprint density at radius 3 is 2.64 bits per heavy atom. The Morgan fingerprint density at radius 1 is 1.12 bits per heavy atom. The summed E-state index contributed by atoms with van der Waals surface area (Å²) in [5.74, 6) is 0.430. The van der Waals surface area contributed by atoms with Crippen LogP contribution in [-0.2, 0) is 17.7 Å². The van der Waals surface area contributed by atoms with Gasteiger partial charge in [-0.1, -0.05) is 23.4 Å². The number of hydrogen-bond acceptors (Lipinski definition) is 5. The van der Waals surface area contributed by atoms with Gasteiger partial charge in [0.2, 0.25) is 0 Å². The van der Waals surface area contributed by atoms with Gasteiger partial charge in [0.1, 0.15) is 11.5 Å². The molecule has 5 nitrogen and oxygen atoms in total. The predicted octanol–water partition coefficient (Wildman–Crippen LogP) is 2.98. The van der Waals surface area contributed by atoms with Crippen molar-refractivity contribution in [3.05, 3.63) is 71.8 Å². The fraction of sp³-hybridized carbons (Fsp3) is 0.263. The highest BCUT2D eigenvalue weighted by Gasteiger charge is 2.39. The lowest BCUT2D eigenvalue weighted by atomic mass is 9.90. The minimum Gasteiger partial charge on any atom is -0.377 e. The van der Waals surface area contributed by atoms with Crippen molar-refractivity contribution in [3.63, 3.8) is 0 Å². The monoisotopic (exact) mass is 339 g/mol. The molecule has 1 aromatic carbocycles. The third-order valence-corrected chi connectivity index (χ3v) is 4.33. The molecular formula is C19H18FN3O2. The van der Waals surface area contributed by atoms with E-state index in [0.717, 1.165) is 17.0 Å². The van der Waals surface area contributed by atoms with Gasteiger partial charge in [-0.05, 0) is 29.8 Å². The van der Waals surface area contributed by atoms with Crippen LogP contribution in [0.25, 0.3) is 11.5 Å². The molecule has 0 saturated carbocycles. The number of nitrogens with one attached hydrogen (secondary N) is 1. The van der Waals surface area contributed by atoms with E-state index >= 15 is 0 Å². The van der Waals surface area contributed by atoms with E-state index in [1.807, 2.05) is 24.3 Å². The highest BCUT2D eigenvalue weighted by Crippen LogP contribution is 2.25. The van der Waals surface area contributed by atoms with Gasteiger partial charge in [-0.3, -0.25) is 4.98 Å². The van der Waals surface area contributed by atoms with E-state index in [1.165, 1.54) is 12.1 Å². The fourth-order valence-electron chi connectivity index (χ4n) is 2.88. The molecule has 3 aromatic rings. The van der Waals surface area contributed by atoms with E-state index in [1.54, 1.807) is 18.3 Å². The average Bonchev–Trinajstić information content (AvgIpc) is 3.08. The van der Waals surface area contributed by atoms with Gasteiger partial charge in [-0.2, -0.15) is 0 Å². The minimum absolute atomic E-state index is 0.174. The zero-order valence-electron chi connectivity index (χ0n) is 13.6. The number of halogens is 1. The van der Waals surface area contributed by atoms with E-state index in [2.05, 4.69) is 15.5 Å². The van der Waals surface area contributed by atoms with Gasteiger partial charge in [0.25, 0.3) is 0 Å². The normalized spacial score (nSPS) is 15.7. The third kappa shape index (κ3) is 3.60. The van der Waals surface area contributed by atoms with Crippen LogP contribution in [0, 0.1) is 5.82 Å². The summed E-state index contributed by atoms with van der Waals surface area (Å²) in [5, 5.41) is 7.69. The standard InChI is InChI=1S/C19H18FN3O2/c20-15-6-4-14(5-7-15)11-22-19(12-24-13-19)10-16-9-18(25-23-16)17-3-1-2-8-21-17/h1-9,22H,10-13H2. The molecule has 0 radical (unpaired) electrons. The lowest BCUT2D eigenvalue weighted by Gasteiger charge is -2.42. The first kappa shape index (κ1) is 15.9. The number of nitrogens with zero attached hydrogens (tertiary/aromatic N) is 2. The van der Waals surface area contributed by atoms with E-state index in [-0.39, 0.29) is 11.4 Å². The summed E-state index contributed by atoms with van der Waals surface area (Å²) in [6, 6.07) is 14.1. The summed E-state index contributed by atoms with van der Waals surface area (Å²) in [6.07, 6.45) is 2.42. The van der Waals surface area contributed by atoms with E-state index in [9.17, 15) is 4.39 Å². The van der Waals surface area contributed by atoms with Crippen LogP contribution in [0.2, 0.25) is 0 Å². The molecule has 3 heterocycles. The molecule has 0 spiro atoms. The smallest absolute Gasteiger partial charge is 0.185 e. The molecular weight excluding hydrogens is 321 g/mol. The second-order valence-corrected chi connectivity index (χ2v) is 6.33. The molecule has 1 aliphatic heterocycles. The summed E-state index contributed by atoms with van der Waals surface area (Å²) in [4.78, 5) is 4.27. The lowest BCUT2D eigenvalue weighted by Crippen LogP contribution is -2.61. The number of aromatic nitrogens is 2. The quantitative estimate of drug-likeness (QED) is 0.748. The minimum atomic E-state index is -0.227. The SMILES string of the molecule is Fc1ccc(CNC2(Cc3cc(-c4ccccn4)on3)COC2)cc1. The summed E-state index contributed by atoms with van der Waals surface area (Å²) >= 11 is 0. The van der Waals surface area contributed by atoms with Crippen LogP contribution in [0.1, 0.15) is 11.3 Å². The van der Waals surface area contributed by atoms with Crippen LogP contribution in [0.15, 0.2) is 59.3 Å². The lowest BCUT2D eigenvalue weighted by molar-refractivity contribution is -0.0755. The molecule has 0 bridgehead atoms. The van der Waals surface area contributed by atoms with Crippen molar-refractivity contribution in [1.29, 1.82) is 0 Å². The zero-order chi connectivity index (χ0) is 17.1.